The molecule has 70 valence electrons. The molecule has 2 rings (SSSR count). The number of fused-ring (bicyclic) bond motifs is 1. The largest absolute Gasteiger partial charge is 0.463 e. The van der Waals surface area contributed by atoms with Crippen molar-refractivity contribution in [2.24, 2.45) is 0 Å². The summed E-state index contributed by atoms with van der Waals surface area (Å²) < 4.78 is 5.20. The van der Waals surface area contributed by atoms with Crippen LogP contribution in [0.1, 0.15) is 0 Å². The molecule has 5 heteroatoms. The molecule has 0 aliphatic heterocycles. The lowest BCUT2D eigenvalue weighted by molar-refractivity contribution is 0.359. The Morgan fingerprint density at radius 3 is 3.21 bits per heavy atom. The molecule has 0 radical (unpaired) electrons. The van der Waals surface area contributed by atoms with Gasteiger partial charge in [-0.1, -0.05) is 5.92 Å². The van der Waals surface area contributed by atoms with Crippen LogP contribution in [0.2, 0.25) is 5.28 Å². The van der Waals surface area contributed by atoms with E-state index in [1.165, 1.54) is 0 Å². The minimum absolute atomic E-state index is 0.143. The lowest BCUT2D eigenvalue weighted by Gasteiger charge is -2.02. The molecule has 0 unspecified atom stereocenters. The molecule has 0 atom stereocenters. The van der Waals surface area contributed by atoms with Crippen LogP contribution in [0.25, 0.3) is 11.0 Å². The normalized spacial score (nSPS) is 10.0. The summed E-state index contributed by atoms with van der Waals surface area (Å²) in [7, 11) is 0. The monoisotopic (exact) mass is 207 g/mol. The lowest BCUT2D eigenvalue weighted by atomic mass is 10.4. The van der Waals surface area contributed by atoms with Crippen molar-refractivity contribution in [3.8, 4) is 18.2 Å². The van der Waals surface area contributed by atoms with Crippen LogP contribution in [0.4, 0.5) is 0 Å². The third kappa shape index (κ3) is 1.50. The van der Waals surface area contributed by atoms with Crippen molar-refractivity contribution in [1.82, 2.24) is 15.0 Å². The number of rotatable bonds is 2. The van der Waals surface area contributed by atoms with E-state index >= 15 is 0 Å². The summed E-state index contributed by atoms with van der Waals surface area (Å²) in [4.78, 5) is 10.9. The average Bonchev–Trinajstić information content (AvgIpc) is 2.61. The van der Waals surface area contributed by atoms with Gasteiger partial charge in [-0.2, -0.15) is 4.98 Å². The zero-order chi connectivity index (χ0) is 9.97. The highest BCUT2D eigenvalue weighted by Crippen LogP contribution is 2.21. The van der Waals surface area contributed by atoms with Gasteiger partial charge in [0.15, 0.2) is 6.61 Å². The molecule has 2 aromatic rings. The van der Waals surface area contributed by atoms with Crippen molar-refractivity contribution < 1.29 is 4.74 Å². The fourth-order valence-electron chi connectivity index (χ4n) is 1.10. The van der Waals surface area contributed by atoms with Crippen molar-refractivity contribution >= 4 is 22.6 Å². The molecule has 0 aliphatic carbocycles. The average molecular weight is 208 g/mol. The SMILES string of the molecule is C#CCOc1nc(Cl)nc2cc[nH]c12. The number of hydrogen-bond acceptors (Lipinski definition) is 3. The molecule has 14 heavy (non-hydrogen) atoms. The quantitative estimate of drug-likeness (QED) is 0.602. The third-order valence-electron chi connectivity index (χ3n) is 1.64. The number of nitrogens with one attached hydrogen (secondary N) is 1. The summed E-state index contributed by atoms with van der Waals surface area (Å²) in [5.74, 6) is 2.73. The van der Waals surface area contributed by atoms with E-state index in [0.717, 1.165) is 0 Å². The predicted octanol–water partition coefficient (Wildman–Crippen LogP) is 1.62. The molecule has 0 aromatic carbocycles. The highest BCUT2D eigenvalue weighted by molar-refractivity contribution is 6.28. The Morgan fingerprint density at radius 1 is 1.57 bits per heavy atom. The second-order valence-corrected chi connectivity index (χ2v) is 2.87. The fourth-order valence-corrected chi connectivity index (χ4v) is 1.27. The summed E-state index contributed by atoms with van der Waals surface area (Å²) in [6, 6.07) is 1.78. The topological polar surface area (TPSA) is 50.8 Å². The number of terminal acetylenes is 1. The first-order valence-corrected chi connectivity index (χ1v) is 4.26. The van der Waals surface area contributed by atoms with Crippen LogP contribution in [-0.4, -0.2) is 21.6 Å². The molecule has 0 bridgehead atoms. The molecule has 4 nitrogen and oxygen atoms in total. The number of nitrogens with zero attached hydrogens (tertiary/aromatic N) is 2. The van der Waals surface area contributed by atoms with E-state index in [2.05, 4.69) is 20.9 Å². The van der Waals surface area contributed by atoms with E-state index in [4.69, 9.17) is 22.8 Å². The van der Waals surface area contributed by atoms with Crippen molar-refractivity contribution in [2.45, 2.75) is 0 Å². The van der Waals surface area contributed by atoms with Crippen molar-refractivity contribution in [2.75, 3.05) is 6.61 Å². The summed E-state index contributed by atoms with van der Waals surface area (Å²) in [5, 5.41) is 0.143. The lowest BCUT2D eigenvalue weighted by Crippen LogP contribution is -1.98. The van der Waals surface area contributed by atoms with Gasteiger partial charge in [-0.15, -0.1) is 6.42 Å². The van der Waals surface area contributed by atoms with Crippen LogP contribution in [-0.2, 0) is 0 Å². The Labute approximate surface area is 85.3 Å². The van der Waals surface area contributed by atoms with Gasteiger partial charge in [-0.25, -0.2) is 4.98 Å². The van der Waals surface area contributed by atoms with Crippen LogP contribution in [0.5, 0.6) is 5.88 Å². The van der Waals surface area contributed by atoms with Gasteiger partial charge in [-0.3, -0.25) is 0 Å². The number of H-pyrrole nitrogens is 1. The van der Waals surface area contributed by atoms with Crippen molar-refractivity contribution in [3.05, 3.63) is 17.5 Å². The maximum atomic E-state index is 5.69. The number of ether oxygens (including phenoxy) is 1. The molecule has 0 amide bonds. The highest BCUT2D eigenvalue weighted by Gasteiger charge is 2.07. The van der Waals surface area contributed by atoms with Crippen LogP contribution in [0, 0.1) is 12.3 Å². The number of halogens is 1. The molecule has 2 aromatic heterocycles. The van der Waals surface area contributed by atoms with E-state index in [-0.39, 0.29) is 11.9 Å². The van der Waals surface area contributed by atoms with Gasteiger partial charge in [0, 0.05) is 6.20 Å². The molecule has 0 saturated heterocycles. The van der Waals surface area contributed by atoms with E-state index in [1.807, 2.05) is 0 Å². The van der Waals surface area contributed by atoms with Crippen molar-refractivity contribution in [3.63, 3.8) is 0 Å². The zero-order valence-corrected chi connectivity index (χ0v) is 7.88. The molecule has 0 saturated carbocycles. The van der Waals surface area contributed by atoms with Crippen molar-refractivity contribution in [1.29, 1.82) is 0 Å². The van der Waals surface area contributed by atoms with Crippen LogP contribution < -0.4 is 4.74 Å². The Kier molecular flexibility index (Phi) is 2.25. The van der Waals surface area contributed by atoms with E-state index in [0.29, 0.717) is 16.9 Å². The van der Waals surface area contributed by atoms with E-state index < -0.39 is 0 Å². The van der Waals surface area contributed by atoms with Gasteiger partial charge in [0.25, 0.3) is 0 Å². The van der Waals surface area contributed by atoms with Crippen LogP contribution >= 0.6 is 11.6 Å². The second-order valence-electron chi connectivity index (χ2n) is 2.53. The van der Waals surface area contributed by atoms with Gasteiger partial charge in [0.05, 0.1) is 5.52 Å². The van der Waals surface area contributed by atoms with Gasteiger partial charge in [-0.05, 0) is 17.7 Å². The number of aromatic amines is 1. The van der Waals surface area contributed by atoms with Gasteiger partial charge < -0.3 is 9.72 Å². The molecule has 0 fully saturated rings. The van der Waals surface area contributed by atoms with Gasteiger partial charge in [0.2, 0.25) is 11.2 Å². The maximum absolute atomic E-state index is 5.69. The summed E-state index contributed by atoms with van der Waals surface area (Å²) in [6.07, 6.45) is 6.81. The minimum Gasteiger partial charge on any atom is -0.463 e. The number of hydrogen-bond donors (Lipinski definition) is 1. The fraction of sp³-hybridized carbons (Fsp3) is 0.111. The summed E-state index contributed by atoms with van der Waals surface area (Å²) in [5.41, 5.74) is 1.40. The van der Waals surface area contributed by atoms with Gasteiger partial charge in [0.1, 0.15) is 5.52 Å². The maximum Gasteiger partial charge on any atom is 0.243 e. The summed E-state index contributed by atoms with van der Waals surface area (Å²) in [6.45, 7) is 0.154. The standard InChI is InChI=1S/C9H6ClN3O/c1-2-5-14-8-7-6(3-4-11-7)12-9(10)13-8/h1,3-4,11H,5H2. The Bertz CT molecular complexity index is 500. The second kappa shape index (κ2) is 3.56. The molecular formula is C9H6ClN3O. The van der Waals surface area contributed by atoms with Crippen LogP contribution in [0.15, 0.2) is 12.3 Å². The Morgan fingerprint density at radius 2 is 2.43 bits per heavy atom. The minimum atomic E-state index is 0.143. The van der Waals surface area contributed by atoms with Gasteiger partial charge >= 0.3 is 0 Å². The molecule has 1 N–H and O–H groups in total. The van der Waals surface area contributed by atoms with E-state index in [1.54, 1.807) is 12.3 Å². The van der Waals surface area contributed by atoms with Crippen LogP contribution in [0.3, 0.4) is 0 Å². The van der Waals surface area contributed by atoms with E-state index in [9.17, 15) is 0 Å². The summed E-state index contributed by atoms with van der Waals surface area (Å²) >= 11 is 5.69. The molecule has 2 heterocycles. The number of aromatic nitrogens is 3. The molecule has 0 spiro atoms. The zero-order valence-electron chi connectivity index (χ0n) is 7.12. The molecular weight excluding hydrogens is 202 g/mol. The smallest absolute Gasteiger partial charge is 0.243 e. The Hall–Kier alpha value is -1.73. The first-order chi connectivity index (χ1) is 6.81. The highest BCUT2D eigenvalue weighted by atomic mass is 35.5. The predicted molar refractivity (Wildman–Crippen MR) is 53.2 cm³/mol. The third-order valence-corrected chi connectivity index (χ3v) is 1.81. The first kappa shape index (κ1) is 8.85. The molecule has 0 aliphatic rings. The Balaban J connectivity index is 2.51. The first-order valence-electron chi connectivity index (χ1n) is 3.88.